The summed E-state index contributed by atoms with van der Waals surface area (Å²) < 4.78 is 5.39. The van der Waals surface area contributed by atoms with E-state index in [1.807, 2.05) is 0 Å². The number of hydrogen-bond acceptors (Lipinski definition) is 4. The number of nitrogens with zero attached hydrogens (tertiary/aromatic N) is 1. The van der Waals surface area contributed by atoms with Crippen molar-refractivity contribution >= 4 is 23.7 Å². The summed E-state index contributed by atoms with van der Waals surface area (Å²) in [5, 5.41) is 11.6. The minimum absolute atomic E-state index is 0.144. The van der Waals surface area contributed by atoms with Crippen molar-refractivity contribution in [3.8, 4) is 0 Å². The van der Waals surface area contributed by atoms with Crippen LogP contribution in [-0.4, -0.2) is 46.2 Å². The lowest BCUT2D eigenvalue weighted by Gasteiger charge is -2.35. The molecule has 1 aromatic carbocycles. The molecule has 25 heavy (non-hydrogen) atoms. The van der Waals surface area contributed by atoms with E-state index in [4.69, 9.17) is 9.84 Å². The number of likely N-dealkylation sites (tertiary alicyclic amines) is 1. The molecule has 1 atom stereocenters. The number of piperidine rings is 1. The number of carboxylic acids is 1. The van der Waals surface area contributed by atoms with E-state index < -0.39 is 23.7 Å². The van der Waals surface area contributed by atoms with Crippen LogP contribution < -0.4 is 5.32 Å². The second-order valence-corrected chi connectivity index (χ2v) is 7.06. The molecule has 7 nitrogen and oxygen atoms in total. The molecule has 1 aromatic rings. The maximum atomic E-state index is 12.6. The van der Waals surface area contributed by atoms with Crippen LogP contribution in [-0.2, 0) is 9.53 Å². The Morgan fingerprint density at radius 2 is 1.80 bits per heavy atom. The van der Waals surface area contributed by atoms with Gasteiger partial charge in [0, 0.05) is 12.2 Å². The molecule has 1 saturated heterocycles. The van der Waals surface area contributed by atoms with E-state index in [0.29, 0.717) is 18.7 Å². The molecule has 0 saturated carbocycles. The van der Waals surface area contributed by atoms with Gasteiger partial charge in [-0.05, 0) is 64.3 Å². The van der Waals surface area contributed by atoms with Crippen LogP contribution in [0.1, 0.15) is 50.4 Å². The number of anilines is 1. The monoisotopic (exact) mass is 348 g/mol. The van der Waals surface area contributed by atoms with Crippen molar-refractivity contribution < 1.29 is 24.2 Å². The van der Waals surface area contributed by atoms with Gasteiger partial charge in [0.05, 0.1) is 5.56 Å². The lowest BCUT2D eigenvalue weighted by atomic mass is 10.0. The minimum Gasteiger partial charge on any atom is -0.478 e. The number of carbonyl (C=O) groups is 3. The molecule has 0 bridgehead atoms. The van der Waals surface area contributed by atoms with Gasteiger partial charge in [0.25, 0.3) is 0 Å². The third kappa shape index (κ3) is 5.20. The van der Waals surface area contributed by atoms with Crippen LogP contribution in [0, 0.1) is 0 Å². The van der Waals surface area contributed by atoms with Gasteiger partial charge < -0.3 is 15.2 Å². The first-order valence-corrected chi connectivity index (χ1v) is 8.31. The van der Waals surface area contributed by atoms with Gasteiger partial charge in [-0.3, -0.25) is 9.69 Å². The van der Waals surface area contributed by atoms with Crippen molar-refractivity contribution in [2.24, 2.45) is 0 Å². The number of amides is 2. The second kappa shape index (κ2) is 7.55. The van der Waals surface area contributed by atoms with E-state index >= 15 is 0 Å². The Morgan fingerprint density at radius 3 is 2.36 bits per heavy atom. The van der Waals surface area contributed by atoms with Crippen LogP contribution in [0.5, 0.6) is 0 Å². The first kappa shape index (κ1) is 18.8. The Morgan fingerprint density at radius 1 is 1.16 bits per heavy atom. The van der Waals surface area contributed by atoms with E-state index in [1.54, 1.807) is 20.8 Å². The molecule has 0 radical (unpaired) electrons. The normalized spacial score (nSPS) is 17.7. The Balaban J connectivity index is 2.07. The van der Waals surface area contributed by atoms with E-state index in [0.717, 1.165) is 12.8 Å². The highest BCUT2D eigenvalue weighted by Crippen LogP contribution is 2.22. The molecule has 1 fully saturated rings. The highest BCUT2D eigenvalue weighted by Gasteiger charge is 2.34. The maximum Gasteiger partial charge on any atom is 0.410 e. The summed E-state index contributed by atoms with van der Waals surface area (Å²) in [6, 6.07) is 5.31. The Kier molecular flexibility index (Phi) is 5.66. The fourth-order valence-electron chi connectivity index (χ4n) is 2.66. The number of rotatable bonds is 3. The standard InChI is InChI=1S/C18H24N2O5/c1-18(2,3)25-17(24)20-11-5-4-6-14(20)15(21)19-13-9-7-12(8-10-13)16(22)23/h7-10,14H,4-6,11H2,1-3H3,(H,19,21)(H,22,23). The van der Waals surface area contributed by atoms with Crippen LogP contribution >= 0.6 is 0 Å². The van der Waals surface area contributed by atoms with Crippen LogP contribution in [0.3, 0.4) is 0 Å². The average Bonchev–Trinajstić information content (AvgIpc) is 2.53. The number of carbonyl (C=O) groups excluding carboxylic acids is 2. The van der Waals surface area contributed by atoms with Gasteiger partial charge in [0.2, 0.25) is 5.91 Å². The van der Waals surface area contributed by atoms with Gasteiger partial charge in [-0.25, -0.2) is 9.59 Å². The topological polar surface area (TPSA) is 95.9 Å². The van der Waals surface area contributed by atoms with E-state index in [9.17, 15) is 14.4 Å². The van der Waals surface area contributed by atoms with Crippen molar-refractivity contribution in [2.75, 3.05) is 11.9 Å². The molecular weight excluding hydrogens is 324 g/mol. The number of nitrogens with one attached hydrogen (secondary N) is 1. The highest BCUT2D eigenvalue weighted by atomic mass is 16.6. The van der Waals surface area contributed by atoms with E-state index in [1.165, 1.54) is 29.2 Å². The molecule has 136 valence electrons. The van der Waals surface area contributed by atoms with E-state index in [2.05, 4.69) is 5.32 Å². The zero-order valence-corrected chi connectivity index (χ0v) is 14.7. The summed E-state index contributed by atoms with van der Waals surface area (Å²) >= 11 is 0. The average molecular weight is 348 g/mol. The third-order valence-electron chi connectivity index (χ3n) is 3.83. The van der Waals surface area contributed by atoms with Crippen molar-refractivity contribution in [1.29, 1.82) is 0 Å². The summed E-state index contributed by atoms with van der Waals surface area (Å²) in [4.78, 5) is 37.3. The summed E-state index contributed by atoms with van der Waals surface area (Å²) in [6.45, 7) is 5.83. The molecule has 1 aliphatic heterocycles. The Labute approximate surface area is 147 Å². The molecule has 2 rings (SSSR count). The Hall–Kier alpha value is -2.57. The first-order chi connectivity index (χ1) is 11.7. The SMILES string of the molecule is CC(C)(C)OC(=O)N1CCCCC1C(=O)Nc1ccc(C(=O)O)cc1. The highest BCUT2D eigenvalue weighted by molar-refractivity contribution is 5.97. The number of carboxylic acid groups (broad SMARTS) is 1. The van der Waals surface area contributed by atoms with Crippen LogP contribution in [0.2, 0.25) is 0 Å². The first-order valence-electron chi connectivity index (χ1n) is 8.31. The molecular formula is C18H24N2O5. The lowest BCUT2D eigenvalue weighted by Crippen LogP contribution is -2.51. The molecule has 2 amide bonds. The number of aromatic carboxylic acids is 1. The van der Waals surface area contributed by atoms with Gasteiger partial charge in [0.1, 0.15) is 11.6 Å². The van der Waals surface area contributed by atoms with Gasteiger partial charge >= 0.3 is 12.1 Å². The van der Waals surface area contributed by atoms with Crippen LogP contribution in [0.4, 0.5) is 10.5 Å². The maximum absolute atomic E-state index is 12.6. The quantitative estimate of drug-likeness (QED) is 0.875. The molecule has 1 aliphatic rings. The molecule has 2 N–H and O–H groups in total. The summed E-state index contributed by atoms with van der Waals surface area (Å²) in [7, 11) is 0. The van der Waals surface area contributed by atoms with Gasteiger partial charge in [0.15, 0.2) is 0 Å². The smallest absolute Gasteiger partial charge is 0.410 e. The Bertz CT molecular complexity index is 648. The van der Waals surface area contributed by atoms with Gasteiger partial charge in [-0.15, -0.1) is 0 Å². The molecule has 7 heteroatoms. The van der Waals surface area contributed by atoms with Crippen molar-refractivity contribution in [1.82, 2.24) is 4.90 Å². The molecule has 0 aromatic heterocycles. The fourth-order valence-corrected chi connectivity index (χ4v) is 2.66. The van der Waals surface area contributed by atoms with Gasteiger partial charge in [-0.1, -0.05) is 0 Å². The zero-order chi connectivity index (χ0) is 18.6. The molecule has 1 unspecified atom stereocenters. The lowest BCUT2D eigenvalue weighted by molar-refractivity contribution is -0.122. The third-order valence-corrected chi connectivity index (χ3v) is 3.83. The predicted octanol–water partition coefficient (Wildman–Crippen LogP) is 3.11. The van der Waals surface area contributed by atoms with Crippen LogP contribution in [0.25, 0.3) is 0 Å². The second-order valence-electron chi connectivity index (χ2n) is 7.06. The number of hydrogen-bond donors (Lipinski definition) is 2. The summed E-state index contributed by atoms with van der Waals surface area (Å²) in [5.41, 5.74) is 0.0122. The molecule has 0 aliphatic carbocycles. The summed E-state index contributed by atoms with van der Waals surface area (Å²) in [6.07, 6.45) is 1.76. The van der Waals surface area contributed by atoms with Crippen molar-refractivity contribution in [2.45, 2.75) is 51.7 Å². The zero-order valence-electron chi connectivity index (χ0n) is 14.7. The molecule has 1 heterocycles. The van der Waals surface area contributed by atoms with Crippen LogP contribution in [0.15, 0.2) is 24.3 Å². The predicted molar refractivity (Wildman–Crippen MR) is 92.6 cm³/mol. The van der Waals surface area contributed by atoms with Crippen molar-refractivity contribution in [3.63, 3.8) is 0 Å². The minimum atomic E-state index is -1.03. The van der Waals surface area contributed by atoms with E-state index in [-0.39, 0.29) is 11.5 Å². The van der Waals surface area contributed by atoms with Gasteiger partial charge in [-0.2, -0.15) is 0 Å². The fraction of sp³-hybridized carbons (Fsp3) is 0.500. The van der Waals surface area contributed by atoms with Crippen molar-refractivity contribution in [3.05, 3.63) is 29.8 Å². The molecule has 0 spiro atoms. The number of ether oxygens (including phenoxy) is 1. The largest absolute Gasteiger partial charge is 0.478 e. The summed E-state index contributed by atoms with van der Waals surface area (Å²) in [5.74, 6) is -1.32. The number of benzene rings is 1.